The molecule has 2 atom stereocenters. The molecule has 0 bridgehead atoms. The maximum atomic E-state index is 12.0. The molecule has 1 aromatic heterocycles. The second-order valence-corrected chi connectivity index (χ2v) is 9.11. The van der Waals surface area contributed by atoms with Gasteiger partial charge in [0.05, 0.1) is 5.56 Å². The van der Waals surface area contributed by atoms with Crippen LogP contribution >= 0.6 is 0 Å². The van der Waals surface area contributed by atoms with Crippen molar-refractivity contribution in [2.24, 2.45) is 0 Å². The molecule has 0 aliphatic heterocycles. The van der Waals surface area contributed by atoms with Crippen LogP contribution in [0.3, 0.4) is 0 Å². The Morgan fingerprint density at radius 1 is 0.919 bits per heavy atom. The van der Waals surface area contributed by atoms with E-state index in [-0.39, 0.29) is 30.5 Å². The number of fused-ring (bicyclic) bond motifs is 1. The highest BCUT2D eigenvalue weighted by molar-refractivity contribution is 5.95. The van der Waals surface area contributed by atoms with Crippen molar-refractivity contribution >= 4 is 22.8 Å². The number of carbonyl (C=O) groups is 2. The van der Waals surface area contributed by atoms with E-state index in [2.05, 4.69) is 5.32 Å². The molecule has 1 heterocycles. The molecule has 4 rings (SSSR count). The number of carboxylic acid groups (broad SMARTS) is 2. The number of nitrogens with one attached hydrogen (secondary N) is 1. The molecule has 4 N–H and O–H groups in total. The van der Waals surface area contributed by atoms with E-state index >= 15 is 0 Å². The Bertz CT molecular complexity index is 1380. The van der Waals surface area contributed by atoms with Gasteiger partial charge in [0.15, 0.2) is 0 Å². The molecular weight excluding hydrogens is 472 g/mol. The summed E-state index contributed by atoms with van der Waals surface area (Å²) in [5.74, 6) is -1.36. The summed E-state index contributed by atoms with van der Waals surface area (Å²) in [5.41, 5.74) is 2.80. The average Bonchev–Trinajstić information content (AvgIpc) is 3.24. The van der Waals surface area contributed by atoms with Gasteiger partial charge in [-0.15, -0.1) is 0 Å². The van der Waals surface area contributed by atoms with E-state index in [1.165, 1.54) is 6.07 Å². The zero-order valence-electron chi connectivity index (χ0n) is 20.5. The third-order valence-corrected chi connectivity index (χ3v) is 6.13. The lowest BCUT2D eigenvalue weighted by Gasteiger charge is -2.18. The predicted octanol–water partition coefficient (Wildman–Crippen LogP) is 4.05. The molecular formula is C29H30N2O6. The van der Waals surface area contributed by atoms with Crippen LogP contribution in [0.5, 0.6) is 5.75 Å². The van der Waals surface area contributed by atoms with Crippen LogP contribution in [-0.2, 0) is 13.0 Å². The summed E-state index contributed by atoms with van der Waals surface area (Å²) >= 11 is 0. The molecule has 8 nitrogen and oxygen atoms in total. The number of aromatic nitrogens is 1. The van der Waals surface area contributed by atoms with Gasteiger partial charge in [-0.1, -0.05) is 36.4 Å². The number of benzene rings is 3. The topological polar surface area (TPSA) is 121 Å². The summed E-state index contributed by atoms with van der Waals surface area (Å²) in [7, 11) is 0. The zero-order chi connectivity index (χ0) is 26.4. The SMILES string of the molecule is CC(Cc1ccc2c(c1)cc(C(=O)O)n2Cc1cccc(C(=O)O)c1)NCC(O)COc1ccccc1. The van der Waals surface area contributed by atoms with E-state index < -0.39 is 18.0 Å². The van der Waals surface area contributed by atoms with Crippen molar-refractivity contribution in [3.63, 3.8) is 0 Å². The standard InChI is InChI=1S/C29H30N2O6/c1-19(30-16-24(32)18-37-25-8-3-2-4-9-25)12-20-10-11-26-23(13-20)15-27(29(35)36)31(26)17-21-6-5-7-22(14-21)28(33)34/h2-11,13-15,19,24,30,32H,12,16-18H2,1H3,(H,33,34)(H,35,36). The minimum absolute atomic E-state index is 0.0728. The molecule has 0 radical (unpaired) electrons. The highest BCUT2D eigenvalue weighted by atomic mass is 16.5. The summed E-state index contributed by atoms with van der Waals surface area (Å²) in [6, 6.07) is 23.4. The zero-order valence-corrected chi connectivity index (χ0v) is 20.5. The fourth-order valence-corrected chi connectivity index (χ4v) is 4.31. The Hall–Kier alpha value is -4.14. The molecule has 3 aromatic carbocycles. The number of hydrogen-bond acceptors (Lipinski definition) is 5. The number of carboxylic acids is 2. The number of aromatic carboxylic acids is 2. The minimum Gasteiger partial charge on any atom is -0.491 e. The highest BCUT2D eigenvalue weighted by Gasteiger charge is 2.17. The van der Waals surface area contributed by atoms with Gasteiger partial charge in [-0.05, 0) is 66.9 Å². The summed E-state index contributed by atoms with van der Waals surface area (Å²) in [6.45, 7) is 2.84. The predicted molar refractivity (Wildman–Crippen MR) is 141 cm³/mol. The molecule has 192 valence electrons. The van der Waals surface area contributed by atoms with Crippen molar-refractivity contribution < 1.29 is 29.6 Å². The third-order valence-electron chi connectivity index (χ3n) is 6.13. The van der Waals surface area contributed by atoms with Crippen LogP contribution in [0, 0.1) is 0 Å². The summed E-state index contributed by atoms with van der Waals surface area (Å²) in [4.78, 5) is 23.3. The smallest absolute Gasteiger partial charge is 0.352 e. The lowest BCUT2D eigenvalue weighted by molar-refractivity contribution is 0.0678. The van der Waals surface area contributed by atoms with Crippen LogP contribution in [0.2, 0.25) is 0 Å². The summed E-state index contributed by atoms with van der Waals surface area (Å²) in [6.07, 6.45) is 0.0353. The van der Waals surface area contributed by atoms with Crippen LogP contribution in [0.25, 0.3) is 10.9 Å². The third kappa shape index (κ3) is 6.75. The molecule has 0 aliphatic carbocycles. The number of aliphatic hydroxyl groups excluding tert-OH is 1. The fraction of sp³-hybridized carbons (Fsp3) is 0.241. The molecule has 2 unspecified atom stereocenters. The van der Waals surface area contributed by atoms with Gasteiger partial charge in [0.1, 0.15) is 24.2 Å². The fourth-order valence-electron chi connectivity index (χ4n) is 4.31. The number of rotatable bonds is 12. The van der Waals surface area contributed by atoms with Gasteiger partial charge in [0.2, 0.25) is 0 Å². The van der Waals surface area contributed by atoms with Crippen molar-refractivity contribution in [2.75, 3.05) is 13.2 Å². The molecule has 0 saturated carbocycles. The van der Waals surface area contributed by atoms with Crippen molar-refractivity contribution in [3.05, 3.63) is 101 Å². The normalized spacial score (nSPS) is 12.8. The Morgan fingerprint density at radius 3 is 2.43 bits per heavy atom. The Morgan fingerprint density at radius 2 is 1.70 bits per heavy atom. The quantitative estimate of drug-likeness (QED) is 0.231. The molecule has 4 aromatic rings. The molecule has 8 heteroatoms. The lowest BCUT2D eigenvalue weighted by atomic mass is 10.0. The van der Waals surface area contributed by atoms with Crippen molar-refractivity contribution in [1.82, 2.24) is 9.88 Å². The first kappa shape index (κ1) is 25.9. The number of ether oxygens (including phenoxy) is 1. The second kappa shape index (κ2) is 11.7. The summed E-state index contributed by atoms with van der Waals surface area (Å²) < 4.78 is 7.28. The van der Waals surface area contributed by atoms with Gasteiger partial charge in [-0.25, -0.2) is 9.59 Å². The molecule has 0 amide bonds. The number of aliphatic hydroxyl groups is 1. The van der Waals surface area contributed by atoms with Crippen LogP contribution in [0.4, 0.5) is 0 Å². The monoisotopic (exact) mass is 502 g/mol. The van der Waals surface area contributed by atoms with E-state index in [1.807, 2.05) is 55.5 Å². The molecule has 0 spiro atoms. The van der Waals surface area contributed by atoms with Gasteiger partial charge in [0, 0.05) is 30.0 Å². The first-order chi connectivity index (χ1) is 17.8. The number of hydrogen-bond donors (Lipinski definition) is 4. The van der Waals surface area contributed by atoms with E-state index in [0.29, 0.717) is 24.3 Å². The van der Waals surface area contributed by atoms with Crippen LogP contribution in [0.15, 0.2) is 78.9 Å². The first-order valence-electron chi connectivity index (χ1n) is 12.1. The highest BCUT2D eigenvalue weighted by Crippen LogP contribution is 2.24. The first-order valence-corrected chi connectivity index (χ1v) is 12.1. The largest absolute Gasteiger partial charge is 0.491 e. The van der Waals surface area contributed by atoms with Gasteiger partial charge >= 0.3 is 11.9 Å². The van der Waals surface area contributed by atoms with Crippen LogP contribution in [0.1, 0.15) is 38.9 Å². The minimum atomic E-state index is -1.05. The second-order valence-electron chi connectivity index (χ2n) is 9.11. The molecule has 37 heavy (non-hydrogen) atoms. The Balaban J connectivity index is 1.41. The average molecular weight is 503 g/mol. The van der Waals surface area contributed by atoms with Crippen molar-refractivity contribution in [3.8, 4) is 5.75 Å². The molecule has 0 aliphatic rings. The van der Waals surface area contributed by atoms with Gasteiger partial charge < -0.3 is 29.9 Å². The van der Waals surface area contributed by atoms with Crippen LogP contribution < -0.4 is 10.1 Å². The maximum absolute atomic E-state index is 12.0. The van der Waals surface area contributed by atoms with Crippen molar-refractivity contribution in [1.29, 1.82) is 0 Å². The molecule has 0 saturated heterocycles. The Kier molecular flexibility index (Phi) is 8.22. The Labute approximate surface area is 214 Å². The van der Waals surface area contributed by atoms with E-state index in [9.17, 15) is 24.9 Å². The number of para-hydroxylation sites is 1. The molecule has 0 fully saturated rings. The lowest BCUT2D eigenvalue weighted by Crippen LogP contribution is -2.37. The maximum Gasteiger partial charge on any atom is 0.352 e. The van der Waals surface area contributed by atoms with Crippen LogP contribution in [-0.4, -0.2) is 57.1 Å². The van der Waals surface area contributed by atoms with Gasteiger partial charge in [-0.3, -0.25) is 0 Å². The van der Waals surface area contributed by atoms with Gasteiger partial charge in [0.25, 0.3) is 0 Å². The van der Waals surface area contributed by atoms with Crippen molar-refractivity contribution in [2.45, 2.75) is 32.0 Å². The van der Waals surface area contributed by atoms with E-state index in [1.54, 1.807) is 28.8 Å². The summed E-state index contributed by atoms with van der Waals surface area (Å²) in [5, 5.41) is 33.4. The van der Waals surface area contributed by atoms with E-state index in [0.717, 1.165) is 16.5 Å². The number of nitrogens with zero attached hydrogens (tertiary/aromatic N) is 1. The van der Waals surface area contributed by atoms with Gasteiger partial charge in [-0.2, -0.15) is 0 Å². The van der Waals surface area contributed by atoms with E-state index in [4.69, 9.17) is 4.74 Å².